The van der Waals surface area contributed by atoms with E-state index in [1.807, 2.05) is 6.07 Å². The van der Waals surface area contributed by atoms with Gasteiger partial charge in [0.25, 0.3) is 11.6 Å². The third kappa shape index (κ3) is 4.05. The molecule has 1 aromatic carbocycles. The van der Waals surface area contributed by atoms with Gasteiger partial charge in [0.05, 0.1) is 16.0 Å². The van der Waals surface area contributed by atoms with Crippen LogP contribution in [0.5, 0.6) is 0 Å². The summed E-state index contributed by atoms with van der Waals surface area (Å²) in [6.45, 7) is 2.22. The maximum atomic E-state index is 12.2. The molecule has 6 nitrogen and oxygen atoms in total. The van der Waals surface area contributed by atoms with Crippen LogP contribution in [-0.4, -0.2) is 17.0 Å². The van der Waals surface area contributed by atoms with Crippen molar-refractivity contribution in [2.24, 2.45) is 11.0 Å². The zero-order chi connectivity index (χ0) is 18.0. The highest BCUT2D eigenvalue weighted by Crippen LogP contribution is 2.32. The molecule has 1 aromatic heterocycles. The number of rotatable bonds is 4. The number of hydrogen-bond donors (Lipinski definition) is 1. The molecular formula is C17H16ClN3O3S. The van der Waals surface area contributed by atoms with Crippen molar-refractivity contribution in [3.63, 3.8) is 0 Å². The molecule has 2 aromatic rings. The van der Waals surface area contributed by atoms with Gasteiger partial charge in [0.2, 0.25) is 0 Å². The molecule has 130 valence electrons. The molecule has 0 spiro atoms. The Bertz CT molecular complexity index is 863. The van der Waals surface area contributed by atoms with Gasteiger partial charge in [-0.25, -0.2) is 5.43 Å². The number of halogens is 1. The topological polar surface area (TPSA) is 84.6 Å². The lowest BCUT2D eigenvalue weighted by Gasteiger charge is -2.16. The van der Waals surface area contributed by atoms with E-state index < -0.39 is 4.92 Å². The van der Waals surface area contributed by atoms with E-state index >= 15 is 0 Å². The van der Waals surface area contributed by atoms with Crippen LogP contribution in [0.4, 0.5) is 5.69 Å². The van der Waals surface area contributed by atoms with Crippen molar-refractivity contribution in [1.29, 1.82) is 0 Å². The number of nitrogens with one attached hydrogen (secondary N) is 1. The van der Waals surface area contributed by atoms with E-state index in [2.05, 4.69) is 17.5 Å². The summed E-state index contributed by atoms with van der Waals surface area (Å²) >= 11 is 7.27. The second-order valence-electron chi connectivity index (χ2n) is 6.07. The number of nitro benzene ring substituents is 1. The number of carbonyl (C=O) groups is 1. The fourth-order valence-corrected chi connectivity index (χ4v) is 4.07. The zero-order valence-electron chi connectivity index (χ0n) is 13.5. The van der Waals surface area contributed by atoms with Gasteiger partial charge in [-0.15, -0.1) is 11.3 Å². The van der Waals surface area contributed by atoms with Crippen LogP contribution in [0.2, 0.25) is 5.02 Å². The quantitative estimate of drug-likeness (QED) is 0.492. The van der Waals surface area contributed by atoms with E-state index in [9.17, 15) is 14.9 Å². The van der Waals surface area contributed by atoms with Crippen molar-refractivity contribution in [2.75, 3.05) is 0 Å². The largest absolute Gasteiger partial charge is 0.288 e. The van der Waals surface area contributed by atoms with Gasteiger partial charge in [-0.05, 0) is 42.9 Å². The SMILES string of the molecule is C[C@@H]1CCc2sc(C(=O)N/N=C\c3ccc(Cl)c([N+](=O)[O-])c3)cc2C1. The molecule has 0 saturated heterocycles. The molecule has 3 rings (SSSR count). The Morgan fingerprint density at radius 2 is 2.28 bits per heavy atom. The lowest BCUT2D eigenvalue weighted by molar-refractivity contribution is -0.384. The highest BCUT2D eigenvalue weighted by Gasteiger charge is 2.20. The number of aryl methyl sites for hydroxylation is 1. The summed E-state index contributed by atoms with van der Waals surface area (Å²) in [5, 5.41) is 14.8. The number of amides is 1. The first-order valence-corrected chi connectivity index (χ1v) is 9.02. The Balaban J connectivity index is 1.67. The summed E-state index contributed by atoms with van der Waals surface area (Å²) < 4.78 is 0. The van der Waals surface area contributed by atoms with Crippen molar-refractivity contribution in [1.82, 2.24) is 5.43 Å². The minimum absolute atomic E-state index is 0.0598. The first-order valence-electron chi connectivity index (χ1n) is 7.83. The fourth-order valence-electron chi connectivity index (χ4n) is 2.79. The van der Waals surface area contributed by atoms with Gasteiger partial charge < -0.3 is 0 Å². The summed E-state index contributed by atoms with van der Waals surface area (Å²) in [5.74, 6) is 0.378. The molecule has 1 atom stereocenters. The summed E-state index contributed by atoms with van der Waals surface area (Å²) in [7, 11) is 0. The second-order valence-corrected chi connectivity index (χ2v) is 7.62. The Morgan fingerprint density at radius 1 is 1.48 bits per heavy atom. The third-order valence-corrected chi connectivity index (χ3v) is 5.66. The van der Waals surface area contributed by atoms with Crippen LogP contribution in [-0.2, 0) is 12.8 Å². The summed E-state index contributed by atoms with van der Waals surface area (Å²) in [6.07, 6.45) is 4.54. The van der Waals surface area contributed by atoms with Gasteiger partial charge >= 0.3 is 0 Å². The molecular weight excluding hydrogens is 362 g/mol. The average molecular weight is 378 g/mol. The summed E-state index contributed by atoms with van der Waals surface area (Å²) in [6, 6.07) is 6.27. The van der Waals surface area contributed by atoms with Crippen LogP contribution in [0.1, 0.15) is 39.0 Å². The van der Waals surface area contributed by atoms with Crippen LogP contribution < -0.4 is 5.43 Å². The van der Waals surface area contributed by atoms with Crippen LogP contribution in [0.25, 0.3) is 0 Å². The van der Waals surface area contributed by atoms with E-state index in [0.29, 0.717) is 16.4 Å². The number of carbonyl (C=O) groups excluding carboxylic acids is 1. The standard InChI is InChI=1S/C17H16ClN3O3S/c1-10-2-5-15-12(6-10)8-16(25-15)17(22)20-19-9-11-3-4-13(18)14(7-11)21(23)24/h3-4,7-10H,2,5-6H2,1H3,(H,20,22)/b19-9-/t10-/m1/s1. The van der Waals surface area contributed by atoms with Gasteiger partial charge in [-0.2, -0.15) is 5.10 Å². The molecule has 0 saturated carbocycles. The Morgan fingerprint density at radius 3 is 3.04 bits per heavy atom. The first-order chi connectivity index (χ1) is 11.9. The number of nitro groups is 1. The van der Waals surface area contributed by atoms with Gasteiger partial charge in [-0.1, -0.05) is 24.6 Å². The molecule has 25 heavy (non-hydrogen) atoms. The lowest BCUT2D eigenvalue weighted by atomic mass is 9.90. The lowest BCUT2D eigenvalue weighted by Crippen LogP contribution is -2.16. The predicted octanol–water partition coefficient (Wildman–Crippen LogP) is 4.20. The molecule has 0 fully saturated rings. The summed E-state index contributed by atoms with van der Waals surface area (Å²) in [5.41, 5.74) is 4.01. The normalized spacial score (nSPS) is 16.6. The zero-order valence-corrected chi connectivity index (χ0v) is 15.1. The molecule has 1 N–H and O–H groups in total. The molecule has 1 amide bonds. The molecule has 1 heterocycles. The van der Waals surface area contributed by atoms with Crippen molar-refractivity contribution in [3.05, 3.63) is 60.3 Å². The third-order valence-electron chi connectivity index (χ3n) is 4.10. The maximum Gasteiger partial charge on any atom is 0.288 e. The predicted molar refractivity (Wildman–Crippen MR) is 98.7 cm³/mol. The first kappa shape index (κ1) is 17.6. The van der Waals surface area contributed by atoms with Crippen LogP contribution in [0, 0.1) is 16.0 Å². The number of thiophene rings is 1. The van der Waals surface area contributed by atoms with Crippen LogP contribution >= 0.6 is 22.9 Å². The van der Waals surface area contributed by atoms with Gasteiger partial charge in [0.15, 0.2) is 0 Å². The maximum absolute atomic E-state index is 12.2. The van der Waals surface area contributed by atoms with Gasteiger partial charge in [0, 0.05) is 16.5 Å². The molecule has 8 heteroatoms. The molecule has 0 aliphatic heterocycles. The number of fused-ring (bicyclic) bond motifs is 1. The monoisotopic (exact) mass is 377 g/mol. The number of nitrogens with zero attached hydrogens (tertiary/aromatic N) is 2. The van der Waals surface area contributed by atoms with Gasteiger partial charge in [-0.3, -0.25) is 14.9 Å². The minimum Gasteiger partial charge on any atom is -0.266 e. The Hall–Kier alpha value is -2.25. The van der Waals surface area contributed by atoms with Crippen LogP contribution in [0.15, 0.2) is 29.4 Å². The summed E-state index contributed by atoms with van der Waals surface area (Å²) in [4.78, 5) is 24.4. The molecule has 1 aliphatic rings. The molecule has 0 radical (unpaired) electrons. The molecule has 0 bridgehead atoms. The second kappa shape index (κ2) is 7.33. The Labute approximate surface area is 153 Å². The van der Waals surface area contributed by atoms with Crippen molar-refractivity contribution in [2.45, 2.75) is 26.2 Å². The number of benzene rings is 1. The van der Waals surface area contributed by atoms with Crippen molar-refractivity contribution < 1.29 is 9.72 Å². The number of hydrazone groups is 1. The van der Waals surface area contributed by atoms with E-state index in [4.69, 9.17) is 11.6 Å². The van der Waals surface area contributed by atoms with E-state index in [0.717, 1.165) is 19.3 Å². The fraction of sp³-hybridized carbons (Fsp3) is 0.294. The van der Waals surface area contributed by atoms with E-state index in [1.54, 1.807) is 6.07 Å². The molecule has 0 unspecified atom stereocenters. The number of hydrogen-bond acceptors (Lipinski definition) is 5. The highest BCUT2D eigenvalue weighted by atomic mass is 35.5. The minimum atomic E-state index is -0.560. The van der Waals surface area contributed by atoms with Crippen molar-refractivity contribution >= 4 is 40.7 Å². The van der Waals surface area contributed by atoms with E-state index in [-0.39, 0.29) is 16.6 Å². The van der Waals surface area contributed by atoms with Crippen molar-refractivity contribution in [3.8, 4) is 0 Å². The van der Waals surface area contributed by atoms with E-state index in [1.165, 1.54) is 40.1 Å². The van der Waals surface area contributed by atoms with Gasteiger partial charge in [0.1, 0.15) is 5.02 Å². The molecule has 1 aliphatic carbocycles. The van der Waals surface area contributed by atoms with Crippen LogP contribution in [0.3, 0.4) is 0 Å². The Kier molecular flexibility index (Phi) is 5.15. The smallest absolute Gasteiger partial charge is 0.266 e. The highest BCUT2D eigenvalue weighted by molar-refractivity contribution is 7.14. The average Bonchev–Trinajstić information content (AvgIpc) is 2.99.